The molecule has 0 radical (unpaired) electrons. The van der Waals surface area contributed by atoms with Crippen molar-refractivity contribution in [3.8, 4) is 0 Å². The summed E-state index contributed by atoms with van der Waals surface area (Å²) in [5.74, 6) is -0.843. The van der Waals surface area contributed by atoms with Gasteiger partial charge in [-0.15, -0.1) is 0 Å². The van der Waals surface area contributed by atoms with Gasteiger partial charge in [-0.3, -0.25) is 14.4 Å². The SMILES string of the molecule is CC1=C(C/C=C(\C)CC/C=C(\C)CC/C=C(\C)CCC(=O)O)C(=O)c2ccccc2C1=O. The van der Waals surface area contributed by atoms with E-state index in [-0.39, 0.29) is 18.0 Å². The lowest BCUT2D eigenvalue weighted by molar-refractivity contribution is -0.136. The van der Waals surface area contributed by atoms with Crippen LogP contribution in [0, 0.1) is 0 Å². The minimum Gasteiger partial charge on any atom is -0.481 e. The van der Waals surface area contributed by atoms with Crippen LogP contribution in [0.25, 0.3) is 0 Å². The number of aliphatic carboxylic acids is 1. The van der Waals surface area contributed by atoms with Crippen LogP contribution in [-0.2, 0) is 4.79 Å². The number of hydrogen-bond donors (Lipinski definition) is 1. The van der Waals surface area contributed by atoms with Crippen molar-refractivity contribution < 1.29 is 19.5 Å². The summed E-state index contributed by atoms with van der Waals surface area (Å²) in [6.07, 6.45) is 11.5. The average Bonchev–Trinajstić information content (AvgIpc) is 2.76. The van der Waals surface area contributed by atoms with Crippen LogP contribution in [-0.4, -0.2) is 22.6 Å². The lowest BCUT2D eigenvalue weighted by atomic mass is 9.83. The second kappa shape index (κ2) is 12.1. The number of allylic oxidation sites excluding steroid dienone is 8. The summed E-state index contributed by atoms with van der Waals surface area (Å²) >= 11 is 0. The molecule has 0 amide bonds. The van der Waals surface area contributed by atoms with E-state index in [4.69, 9.17) is 5.11 Å². The van der Waals surface area contributed by atoms with Gasteiger partial charge in [0.2, 0.25) is 0 Å². The van der Waals surface area contributed by atoms with Crippen LogP contribution in [0.3, 0.4) is 0 Å². The molecule has 4 nitrogen and oxygen atoms in total. The molecule has 0 spiro atoms. The molecule has 4 heteroatoms. The highest BCUT2D eigenvalue weighted by atomic mass is 16.4. The molecule has 1 aliphatic carbocycles. The van der Waals surface area contributed by atoms with Gasteiger partial charge in [0, 0.05) is 28.7 Å². The molecule has 1 N–H and O–H groups in total. The number of Topliss-reactive ketones (excluding diaryl/α,β-unsaturated/α-hetero) is 2. The Balaban J connectivity index is 1.85. The second-order valence-electron chi connectivity index (χ2n) is 8.63. The maximum absolute atomic E-state index is 12.8. The molecule has 1 aromatic rings. The van der Waals surface area contributed by atoms with E-state index in [1.165, 1.54) is 11.1 Å². The molecule has 1 aliphatic rings. The Morgan fingerprint density at radius 3 is 1.84 bits per heavy atom. The van der Waals surface area contributed by atoms with Crippen molar-refractivity contribution in [2.75, 3.05) is 0 Å². The van der Waals surface area contributed by atoms with Gasteiger partial charge in [0.1, 0.15) is 0 Å². The number of carbonyl (C=O) groups is 3. The van der Waals surface area contributed by atoms with E-state index in [2.05, 4.69) is 32.1 Å². The molecule has 0 saturated heterocycles. The van der Waals surface area contributed by atoms with Crippen LogP contribution >= 0.6 is 0 Å². The molecular formula is C28H34O4. The van der Waals surface area contributed by atoms with Crippen molar-refractivity contribution >= 4 is 17.5 Å². The first-order valence-corrected chi connectivity index (χ1v) is 11.3. The fourth-order valence-corrected chi connectivity index (χ4v) is 3.78. The first-order chi connectivity index (χ1) is 15.2. The van der Waals surface area contributed by atoms with Crippen molar-refractivity contribution in [3.63, 3.8) is 0 Å². The second-order valence-corrected chi connectivity index (χ2v) is 8.63. The Bertz CT molecular complexity index is 1000. The van der Waals surface area contributed by atoms with Gasteiger partial charge in [-0.1, -0.05) is 59.2 Å². The molecular weight excluding hydrogens is 400 g/mol. The van der Waals surface area contributed by atoms with Crippen LogP contribution in [0.5, 0.6) is 0 Å². The number of carboxylic acid groups (broad SMARTS) is 1. The number of carbonyl (C=O) groups excluding carboxylic acids is 2. The van der Waals surface area contributed by atoms with E-state index < -0.39 is 5.97 Å². The van der Waals surface area contributed by atoms with Crippen LogP contribution in [0.2, 0.25) is 0 Å². The van der Waals surface area contributed by atoms with Crippen LogP contribution < -0.4 is 0 Å². The summed E-state index contributed by atoms with van der Waals surface area (Å²) in [5.41, 5.74) is 5.83. The highest BCUT2D eigenvalue weighted by Gasteiger charge is 2.28. The number of ketones is 2. The number of rotatable bonds is 11. The average molecular weight is 435 g/mol. The molecule has 0 aliphatic heterocycles. The molecule has 2 rings (SSSR count). The summed E-state index contributed by atoms with van der Waals surface area (Å²) in [6.45, 7) is 7.92. The van der Waals surface area contributed by atoms with E-state index in [0.717, 1.165) is 31.3 Å². The van der Waals surface area contributed by atoms with Gasteiger partial charge in [0.15, 0.2) is 11.6 Å². The maximum atomic E-state index is 12.8. The molecule has 0 unspecified atom stereocenters. The largest absolute Gasteiger partial charge is 0.481 e. The van der Waals surface area contributed by atoms with Crippen molar-refractivity contribution in [2.24, 2.45) is 0 Å². The van der Waals surface area contributed by atoms with E-state index in [1.807, 2.05) is 6.92 Å². The normalized spacial score (nSPS) is 15.3. The van der Waals surface area contributed by atoms with Gasteiger partial charge in [0.05, 0.1) is 0 Å². The van der Waals surface area contributed by atoms with Gasteiger partial charge in [-0.2, -0.15) is 0 Å². The third kappa shape index (κ3) is 7.30. The Morgan fingerprint density at radius 2 is 1.28 bits per heavy atom. The van der Waals surface area contributed by atoms with Gasteiger partial charge in [-0.05, 0) is 66.2 Å². The highest BCUT2D eigenvalue weighted by molar-refractivity contribution is 6.26. The monoisotopic (exact) mass is 434 g/mol. The van der Waals surface area contributed by atoms with E-state index in [9.17, 15) is 14.4 Å². The molecule has 0 aromatic heterocycles. The van der Waals surface area contributed by atoms with Gasteiger partial charge in [-0.25, -0.2) is 0 Å². The predicted octanol–water partition coefficient (Wildman–Crippen LogP) is 7.04. The number of fused-ring (bicyclic) bond motifs is 1. The lowest BCUT2D eigenvalue weighted by Crippen LogP contribution is -2.20. The van der Waals surface area contributed by atoms with Gasteiger partial charge >= 0.3 is 5.97 Å². The van der Waals surface area contributed by atoms with Gasteiger partial charge in [0.25, 0.3) is 0 Å². The summed E-state index contributed by atoms with van der Waals surface area (Å²) < 4.78 is 0. The molecule has 0 saturated carbocycles. The van der Waals surface area contributed by atoms with Crippen LogP contribution in [0.1, 0.15) is 93.4 Å². The highest BCUT2D eigenvalue weighted by Crippen LogP contribution is 2.28. The summed E-state index contributed by atoms with van der Waals surface area (Å²) in [5, 5.41) is 8.73. The molecule has 0 atom stereocenters. The maximum Gasteiger partial charge on any atom is 0.303 e. The van der Waals surface area contributed by atoms with Crippen LogP contribution in [0.4, 0.5) is 0 Å². The number of carboxylic acids is 1. The van der Waals surface area contributed by atoms with Gasteiger partial charge < -0.3 is 5.11 Å². The Labute approximate surface area is 191 Å². The molecule has 0 fully saturated rings. The summed E-state index contributed by atoms with van der Waals surface area (Å²) in [6, 6.07) is 7.04. The quantitative estimate of drug-likeness (QED) is 0.379. The first-order valence-electron chi connectivity index (χ1n) is 11.3. The van der Waals surface area contributed by atoms with E-state index >= 15 is 0 Å². The number of hydrogen-bond acceptors (Lipinski definition) is 3. The van der Waals surface area contributed by atoms with Crippen LogP contribution in [0.15, 0.2) is 70.4 Å². The van der Waals surface area contributed by atoms with Crippen molar-refractivity contribution in [1.82, 2.24) is 0 Å². The Hall–Kier alpha value is -3.01. The molecule has 0 heterocycles. The number of benzene rings is 1. The smallest absolute Gasteiger partial charge is 0.303 e. The molecule has 32 heavy (non-hydrogen) atoms. The Morgan fingerprint density at radius 1 is 0.781 bits per heavy atom. The fourth-order valence-electron chi connectivity index (χ4n) is 3.78. The van der Waals surface area contributed by atoms with Crippen molar-refractivity contribution in [3.05, 3.63) is 81.5 Å². The summed E-state index contributed by atoms with van der Waals surface area (Å²) in [7, 11) is 0. The fraction of sp³-hybridized carbons (Fsp3) is 0.393. The molecule has 170 valence electrons. The minimum atomic E-state index is -0.757. The Kier molecular flexibility index (Phi) is 9.58. The molecule has 1 aromatic carbocycles. The standard InChI is InChI=1S/C28H34O4/c1-19(10-8-12-21(3)16-18-26(29)30)9-7-11-20(2)15-17-23-22(4)27(31)24-13-5-6-14-25(24)28(23)32/h5-6,9,12-15H,7-8,10-11,16-18H2,1-4H3,(H,29,30)/b19-9+,20-15+,21-12+. The minimum absolute atomic E-state index is 0.0378. The third-order valence-electron chi connectivity index (χ3n) is 5.93. The predicted molar refractivity (Wildman–Crippen MR) is 129 cm³/mol. The molecule has 0 bridgehead atoms. The lowest BCUT2D eigenvalue weighted by Gasteiger charge is -2.18. The first kappa shape index (κ1) is 25.3. The topological polar surface area (TPSA) is 71.4 Å². The van der Waals surface area contributed by atoms with E-state index in [0.29, 0.717) is 35.1 Å². The van der Waals surface area contributed by atoms with E-state index in [1.54, 1.807) is 31.2 Å². The van der Waals surface area contributed by atoms with Crippen molar-refractivity contribution in [1.29, 1.82) is 0 Å². The third-order valence-corrected chi connectivity index (χ3v) is 5.93. The van der Waals surface area contributed by atoms with Crippen molar-refractivity contribution in [2.45, 2.75) is 72.6 Å². The zero-order valence-corrected chi connectivity index (χ0v) is 19.7. The zero-order chi connectivity index (χ0) is 23.7. The zero-order valence-electron chi connectivity index (χ0n) is 19.7. The summed E-state index contributed by atoms with van der Waals surface area (Å²) in [4.78, 5) is 36.0.